The van der Waals surface area contributed by atoms with Crippen LogP contribution in [0.4, 0.5) is 0 Å². The maximum absolute atomic E-state index is 12.8. The number of phenols is 1. The number of carboxylic acid groups (broad SMARTS) is 1. The molecule has 5 aromatic rings. The molecule has 0 aliphatic rings. The minimum atomic E-state index is -3.62. The molecule has 0 heterocycles. The highest BCUT2D eigenvalue weighted by molar-refractivity contribution is 7.91. The Balaban J connectivity index is 1.42. The van der Waals surface area contributed by atoms with Gasteiger partial charge in [0, 0.05) is 5.92 Å². The van der Waals surface area contributed by atoms with E-state index in [2.05, 4.69) is 0 Å². The first kappa shape index (κ1) is 25.8. The van der Waals surface area contributed by atoms with Crippen LogP contribution in [0.5, 0.6) is 17.2 Å². The monoisotopic (exact) mass is 536 g/mol. The quantitative estimate of drug-likeness (QED) is 0.209. The summed E-state index contributed by atoms with van der Waals surface area (Å²) in [6, 6.07) is 35.3. The molecule has 0 amide bonds. The third kappa shape index (κ3) is 5.54. The molecule has 7 heteroatoms. The molecule has 0 bridgehead atoms. The number of phenolic OH excluding ortho intramolecular Hbond substituents is 1. The summed E-state index contributed by atoms with van der Waals surface area (Å²) in [5.41, 5.74) is 2.48. The molecule has 0 aromatic heterocycles. The first-order valence-electron chi connectivity index (χ1n) is 12.1. The fourth-order valence-electron chi connectivity index (χ4n) is 4.45. The van der Waals surface area contributed by atoms with Gasteiger partial charge in [-0.2, -0.15) is 0 Å². The molecular weight excluding hydrogens is 512 g/mol. The Labute approximate surface area is 226 Å². The maximum Gasteiger partial charge on any atom is 0.335 e. The second kappa shape index (κ2) is 10.8. The van der Waals surface area contributed by atoms with Crippen molar-refractivity contribution in [3.63, 3.8) is 0 Å². The molecule has 1 atom stereocenters. The van der Waals surface area contributed by atoms with E-state index in [1.54, 1.807) is 103 Å². The lowest BCUT2D eigenvalue weighted by molar-refractivity contribution is 0.0695. The number of carbonyl (C=O) groups is 1. The van der Waals surface area contributed by atoms with Crippen LogP contribution in [-0.4, -0.2) is 24.6 Å². The largest absolute Gasteiger partial charge is 0.508 e. The average Bonchev–Trinajstić information content (AvgIpc) is 2.96. The van der Waals surface area contributed by atoms with Crippen molar-refractivity contribution < 1.29 is 28.2 Å². The van der Waals surface area contributed by atoms with Crippen LogP contribution in [0.2, 0.25) is 0 Å². The number of carboxylic acids is 1. The van der Waals surface area contributed by atoms with Crippen molar-refractivity contribution in [3.8, 4) is 17.2 Å². The molecule has 5 rings (SSSR count). The molecule has 0 aliphatic carbocycles. The highest BCUT2D eigenvalue weighted by atomic mass is 32.2. The van der Waals surface area contributed by atoms with Gasteiger partial charge < -0.3 is 14.9 Å². The number of hydrogen-bond acceptors (Lipinski definition) is 5. The van der Waals surface area contributed by atoms with Crippen LogP contribution in [0.1, 0.15) is 33.0 Å². The number of hydrogen-bond donors (Lipinski definition) is 2. The van der Waals surface area contributed by atoms with Crippen LogP contribution >= 0.6 is 0 Å². The molecule has 0 fully saturated rings. The summed E-state index contributed by atoms with van der Waals surface area (Å²) in [6.45, 7) is 0. The molecule has 0 saturated heterocycles. The molecule has 2 N–H and O–H groups in total. The summed E-state index contributed by atoms with van der Waals surface area (Å²) < 4.78 is 31.6. The second-order valence-electron chi connectivity index (χ2n) is 8.88. The lowest BCUT2D eigenvalue weighted by Gasteiger charge is -2.21. The first-order valence-corrected chi connectivity index (χ1v) is 13.6. The number of aromatic carboxylic acids is 1. The van der Waals surface area contributed by atoms with Crippen molar-refractivity contribution >= 4 is 15.8 Å². The summed E-state index contributed by atoms with van der Waals surface area (Å²) in [6.07, 6.45) is 0. The molecule has 0 aliphatic heterocycles. The smallest absolute Gasteiger partial charge is 0.335 e. The van der Waals surface area contributed by atoms with Crippen LogP contribution in [0.25, 0.3) is 0 Å². The fourth-order valence-corrected chi connectivity index (χ4v) is 5.73. The minimum Gasteiger partial charge on any atom is -0.508 e. The number of benzene rings is 5. The van der Waals surface area contributed by atoms with Crippen molar-refractivity contribution in [1.82, 2.24) is 0 Å². The number of sulfone groups is 1. The Hall–Kier alpha value is -4.88. The van der Waals surface area contributed by atoms with E-state index < -0.39 is 21.7 Å². The Morgan fingerprint density at radius 3 is 1.69 bits per heavy atom. The molecule has 194 valence electrons. The van der Waals surface area contributed by atoms with Gasteiger partial charge in [-0.15, -0.1) is 0 Å². The van der Waals surface area contributed by atoms with Crippen molar-refractivity contribution in [1.29, 1.82) is 0 Å². The Morgan fingerprint density at radius 2 is 1.10 bits per heavy atom. The summed E-state index contributed by atoms with van der Waals surface area (Å²) >= 11 is 0. The van der Waals surface area contributed by atoms with E-state index in [0.29, 0.717) is 17.1 Å². The third-order valence-electron chi connectivity index (χ3n) is 6.37. The van der Waals surface area contributed by atoms with Crippen LogP contribution in [0.3, 0.4) is 0 Å². The molecule has 0 radical (unpaired) electrons. The second-order valence-corrected chi connectivity index (χ2v) is 10.8. The topological polar surface area (TPSA) is 101 Å². The van der Waals surface area contributed by atoms with E-state index in [-0.39, 0.29) is 21.1 Å². The molecule has 39 heavy (non-hydrogen) atoms. The van der Waals surface area contributed by atoms with Gasteiger partial charge in [0.2, 0.25) is 9.84 Å². The Kier molecular flexibility index (Phi) is 7.17. The van der Waals surface area contributed by atoms with Gasteiger partial charge in [-0.1, -0.05) is 60.7 Å². The summed E-state index contributed by atoms with van der Waals surface area (Å²) in [7, 11) is -3.62. The fraction of sp³-hybridized carbons (Fsp3) is 0.0312. The summed E-state index contributed by atoms with van der Waals surface area (Å²) in [4.78, 5) is 12.4. The van der Waals surface area contributed by atoms with E-state index >= 15 is 0 Å². The van der Waals surface area contributed by atoms with Gasteiger partial charge >= 0.3 is 5.97 Å². The highest BCUT2D eigenvalue weighted by Gasteiger charge is 2.23. The predicted octanol–water partition coefficient (Wildman–Crippen LogP) is 6.90. The molecule has 6 nitrogen and oxygen atoms in total. The molecular formula is C32H24O6S. The van der Waals surface area contributed by atoms with Crippen molar-refractivity contribution in [2.45, 2.75) is 15.7 Å². The Bertz CT molecular complexity index is 1690. The van der Waals surface area contributed by atoms with E-state index in [0.717, 1.165) is 11.1 Å². The number of ether oxygens (including phenoxy) is 1. The zero-order chi connectivity index (χ0) is 27.4. The standard InChI is InChI=1S/C32H24O6S/c33-24-14-10-22(11-15-24)31(29-8-4-5-9-30(29)32(34)35)23-12-16-25(17-13-23)38-26-18-20-28(21-19-26)39(36,37)27-6-2-1-3-7-27/h1-21,31,33H,(H,34,35). The highest BCUT2D eigenvalue weighted by Crippen LogP contribution is 2.36. The van der Waals surface area contributed by atoms with Gasteiger partial charge in [0.1, 0.15) is 17.2 Å². The lowest BCUT2D eigenvalue weighted by atomic mass is 9.83. The maximum atomic E-state index is 12.8. The van der Waals surface area contributed by atoms with Crippen LogP contribution in [-0.2, 0) is 9.84 Å². The van der Waals surface area contributed by atoms with Gasteiger partial charge in [-0.3, -0.25) is 0 Å². The van der Waals surface area contributed by atoms with Crippen LogP contribution in [0, 0.1) is 0 Å². The van der Waals surface area contributed by atoms with E-state index in [1.165, 1.54) is 12.1 Å². The number of rotatable bonds is 8. The van der Waals surface area contributed by atoms with Crippen LogP contribution < -0.4 is 4.74 Å². The van der Waals surface area contributed by atoms with Crippen molar-refractivity contribution in [2.75, 3.05) is 0 Å². The SMILES string of the molecule is O=C(O)c1ccccc1C(c1ccc(O)cc1)c1ccc(Oc2ccc(S(=O)(=O)c3ccccc3)cc2)cc1. The third-order valence-corrected chi connectivity index (χ3v) is 8.15. The lowest BCUT2D eigenvalue weighted by Crippen LogP contribution is -2.10. The summed E-state index contributed by atoms with van der Waals surface area (Å²) in [5, 5.41) is 19.6. The summed E-state index contributed by atoms with van der Waals surface area (Å²) in [5.74, 6) is -0.286. The van der Waals surface area contributed by atoms with Gasteiger partial charge in [0.25, 0.3) is 0 Å². The molecule has 0 saturated carbocycles. The van der Waals surface area contributed by atoms with Gasteiger partial charge in [-0.05, 0) is 83.4 Å². The van der Waals surface area contributed by atoms with Gasteiger partial charge in [0.05, 0.1) is 15.4 Å². The molecule has 1 unspecified atom stereocenters. The molecule has 5 aromatic carbocycles. The van der Waals surface area contributed by atoms with Gasteiger partial charge in [-0.25, -0.2) is 13.2 Å². The van der Waals surface area contributed by atoms with E-state index in [1.807, 2.05) is 12.1 Å². The first-order chi connectivity index (χ1) is 18.8. The van der Waals surface area contributed by atoms with E-state index in [4.69, 9.17) is 4.74 Å². The Morgan fingerprint density at radius 1 is 0.615 bits per heavy atom. The number of aromatic hydroxyl groups is 1. The van der Waals surface area contributed by atoms with Crippen LogP contribution in [0.15, 0.2) is 137 Å². The van der Waals surface area contributed by atoms with Crippen molar-refractivity contribution in [2.24, 2.45) is 0 Å². The minimum absolute atomic E-state index is 0.121. The zero-order valence-electron chi connectivity index (χ0n) is 20.6. The normalized spacial score (nSPS) is 12.0. The zero-order valence-corrected chi connectivity index (χ0v) is 21.5. The average molecular weight is 537 g/mol. The van der Waals surface area contributed by atoms with E-state index in [9.17, 15) is 23.4 Å². The van der Waals surface area contributed by atoms with Crippen molar-refractivity contribution in [3.05, 3.63) is 150 Å². The molecule has 0 spiro atoms. The predicted molar refractivity (Wildman–Crippen MR) is 147 cm³/mol. The van der Waals surface area contributed by atoms with Gasteiger partial charge in [0.15, 0.2) is 0 Å².